The summed E-state index contributed by atoms with van der Waals surface area (Å²) in [6.07, 6.45) is 3.80. The first kappa shape index (κ1) is 30.1. The van der Waals surface area contributed by atoms with E-state index < -0.39 is 35.2 Å². The number of hydrogen-bond acceptors (Lipinski definition) is 6. The summed E-state index contributed by atoms with van der Waals surface area (Å²) in [6, 6.07) is 28.0. The minimum atomic E-state index is -1.15. The number of rotatable bonds is 8. The molecule has 12 nitrogen and oxygen atoms in total. The third-order valence-electron chi connectivity index (χ3n) is 7.35. The van der Waals surface area contributed by atoms with Gasteiger partial charge in [0, 0.05) is 0 Å². The van der Waals surface area contributed by atoms with Crippen LogP contribution in [0.1, 0.15) is 26.3 Å². The van der Waals surface area contributed by atoms with Gasteiger partial charge in [-0.2, -0.15) is 0 Å². The van der Waals surface area contributed by atoms with E-state index in [1.807, 2.05) is 0 Å². The van der Waals surface area contributed by atoms with Crippen molar-refractivity contribution < 1.29 is 34.5 Å². The van der Waals surface area contributed by atoms with E-state index in [0.717, 1.165) is 10.0 Å². The minimum absolute atomic E-state index is 0.00224. The third-order valence-corrected chi connectivity index (χ3v) is 7.35. The Bertz CT molecular complexity index is 2150. The number of amides is 2. The van der Waals surface area contributed by atoms with Crippen molar-refractivity contribution in [2.45, 2.75) is 0 Å². The largest absolute Gasteiger partial charge is 0.493 e. The SMILES string of the molecule is O=C(O)c1ccc(N2C(=O)C(=CC=Cc3c(O)n(-c4ccccc4)n(-c4ccc(C(=O)O)cc4)c3=O)C(=O)N2c2ccccc2)cc1. The third kappa shape index (κ3) is 5.46. The van der Waals surface area contributed by atoms with Crippen molar-refractivity contribution in [2.24, 2.45) is 0 Å². The van der Waals surface area contributed by atoms with Crippen molar-refractivity contribution in [3.05, 3.63) is 154 Å². The number of para-hydroxylation sites is 2. The number of anilines is 2. The maximum atomic E-state index is 13.7. The molecule has 4 aromatic carbocycles. The Morgan fingerprint density at radius 2 is 0.979 bits per heavy atom. The lowest BCUT2D eigenvalue weighted by atomic mass is 10.2. The highest BCUT2D eigenvalue weighted by Gasteiger charge is 2.42. The van der Waals surface area contributed by atoms with Crippen molar-refractivity contribution in [3.8, 4) is 17.3 Å². The highest BCUT2D eigenvalue weighted by atomic mass is 16.4. The van der Waals surface area contributed by atoms with E-state index in [-0.39, 0.29) is 33.6 Å². The number of carboxylic acid groups (broad SMARTS) is 2. The molecule has 1 aliphatic heterocycles. The standard InChI is InChI=1S/C35H24N4O8/c40-30-28(32(42)38(36(30)24-8-3-1-4-9-24)26-18-14-22(15-19-26)34(44)45)12-7-13-29-31(41)37(25-10-5-2-6-11-25)39(33(29)43)27-20-16-23(17-21-27)35(46)47/h1-21,40H,(H,44,45)(H,46,47). The maximum absolute atomic E-state index is 13.7. The monoisotopic (exact) mass is 628 g/mol. The molecular weight excluding hydrogens is 604 g/mol. The Morgan fingerprint density at radius 1 is 0.553 bits per heavy atom. The summed E-state index contributed by atoms with van der Waals surface area (Å²) >= 11 is 0. The minimum Gasteiger partial charge on any atom is -0.493 e. The summed E-state index contributed by atoms with van der Waals surface area (Å²) in [4.78, 5) is 63.8. The van der Waals surface area contributed by atoms with Gasteiger partial charge in [0.2, 0.25) is 5.88 Å². The molecule has 12 heteroatoms. The molecule has 1 saturated heterocycles. The zero-order chi connectivity index (χ0) is 33.2. The first-order valence-corrected chi connectivity index (χ1v) is 14.1. The van der Waals surface area contributed by atoms with Gasteiger partial charge in [0.25, 0.3) is 17.4 Å². The molecule has 2 heterocycles. The summed E-state index contributed by atoms with van der Waals surface area (Å²) < 4.78 is 2.44. The van der Waals surface area contributed by atoms with Crippen molar-refractivity contribution in [1.29, 1.82) is 0 Å². The summed E-state index contributed by atoms with van der Waals surface area (Å²) in [6.45, 7) is 0. The summed E-state index contributed by atoms with van der Waals surface area (Å²) in [5.74, 6) is -4.09. The molecule has 5 aromatic rings. The number of carboxylic acids is 2. The predicted octanol–water partition coefficient (Wildman–Crippen LogP) is 4.66. The molecule has 1 aromatic heterocycles. The number of carbonyl (C=O) groups is 4. The van der Waals surface area contributed by atoms with Gasteiger partial charge in [-0.15, -0.1) is 0 Å². The van der Waals surface area contributed by atoms with E-state index >= 15 is 0 Å². The van der Waals surface area contributed by atoms with Crippen LogP contribution < -0.4 is 15.6 Å². The van der Waals surface area contributed by atoms with Crippen molar-refractivity contribution in [1.82, 2.24) is 9.36 Å². The molecule has 0 radical (unpaired) electrons. The molecule has 3 N–H and O–H groups in total. The fourth-order valence-corrected chi connectivity index (χ4v) is 5.10. The number of aromatic hydroxyl groups is 1. The van der Waals surface area contributed by atoms with Gasteiger partial charge in [-0.05, 0) is 84.9 Å². The van der Waals surface area contributed by atoms with Crippen LogP contribution in [0.15, 0.2) is 132 Å². The molecule has 0 unspecified atom stereocenters. The van der Waals surface area contributed by atoms with Gasteiger partial charge in [-0.3, -0.25) is 14.4 Å². The number of benzene rings is 4. The molecule has 1 aliphatic rings. The van der Waals surface area contributed by atoms with Crippen molar-refractivity contribution >= 4 is 41.2 Å². The summed E-state index contributed by atoms with van der Waals surface area (Å²) in [7, 11) is 0. The lowest BCUT2D eigenvalue weighted by Gasteiger charge is -2.27. The fraction of sp³-hybridized carbons (Fsp3) is 0. The number of aromatic nitrogens is 2. The van der Waals surface area contributed by atoms with Gasteiger partial charge in [-0.25, -0.2) is 29.0 Å². The predicted molar refractivity (Wildman–Crippen MR) is 172 cm³/mol. The number of hydrazine groups is 1. The molecule has 0 aliphatic carbocycles. The van der Waals surface area contributed by atoms with Crippen LogP contribution in [0, 0.1) is 0 Å². The van der Waals surface area contributed by atoms with Crippen LogP contribution >= 0.6 is 0 Å². The van der Waals surface area contributed by atoms with Gasteiger partial charge in [0.05, 0.1) is 33.9 Å². The van der Waals surface area contributed by atoms with Crippen LogP contribution in [-0.4, -0.2) is 48.4 Å². The zero-order valence-corrected chi connectivity index (χ0v) is 24.3. The molecule has 0 spiro atoms. The smallest absolute Gasteiger partial charge is 0.335 e. The molecule has 0 bridgehead atoms. The van der Waals surface area contributed by atoms with Crippen LogP contribution in [0.25, 0.3) is 17.5 Å². The molecular formula is C35H24N4O8. The molecule has 0 saturated carbocycles. The van der Waals surface area contributed by atoms with E-state index in [9.17, 15) is 39.3 Å². The first-order chi connectivity index (χ1) is 22.7. The zero-order valence-electron chi connectivity index (χ0n) is 24.3. The molecule has 2 amide bonds. The van der Waals surface area contributed by atoms with Crippen LogP contribution in [-0.2, 0) is 9.59 Å². The Morgan fingerprint density at radius 3 is 1.47 bits per heavy atom. The average molecular weight is 629 g/mol. The first-order valence-electron chi connectivity index (χ1n) is 14.1. The normalized spacial score (nSPS) is 14.0. The number of carbonyl (C=O) groups excluding carboxylic acids is 2. The van der Waals surface area contributed by atoms with Crippen LogP contribution in [0.2, 0.25) is 0 Å². The highest BCUT2D eigenvalue weighted by Crippen LogP contribution is 2.32. The van der Waals surface area contributed by atoms with Crippen LogP contribution in [0.3, 0.4) is 0 Å². The Labute approximate surface area is 266 Å². The Balaban J connectivity index is 1.42. The van der Waals surface area contributed by atoms with E-state index in [4.69, 9.17) is 0 Å². The second-order valence-electron chi connectivity index (χ2n) is 10.2. The van der Waals surface area contributed by atoms with Gasteiger partial charge in [0.15, 0.2) is 0 Å². The fourth-order valence-electron chi connectivity index (χ4n) is 5.10. The average Bonchev–Trinajstić information content (AvgIpc) is 3.49. The number of nitrogens with zero attached hydrogens (tertiary/aromatic N) is 4. The lowest BCUT2D eigenvalue weighted by molar-refractivity contribution is -0.116. The molecule has 6 rings (SSSR count). The van der Waals surface area contributed by atoms with Crippen molar-refractivity contribution in [2.75, 3.05) is 10.0 Å². The number of hydrogen-bond donors (Lipinski definition) is 3. The second kappa shape index (κ2) is 12.2. The van der Waals surface area contributed by atoms with E-state index in [1.54, 1.807) is 60.7 Å². The molecule has 47 heavy (non-hydrogen) atoms. The second-order valence-corrected chi connectivity index (χ2v) is 10.2. The maximum Gasteiger partial charge on any atom is 0.335 e. The van der Waals surface area contributed by atoms with E-state index in [0.29, 0.717) is 11.4 Å². The van der Waals surface area contributed by atoms with Crippen LogP contribution in [0.4, 0.5) is 11.4 Å². The summed E-state index contributed by atoms with van der Waals surface area (Å²) in [5.41, 5.74) is 0.298. The highest BCUT2D eigenvalue weighted by molar-refractivity contribution is 6.36. The van der Waals surface area contributed by atoms with Gasteiger partial charge >= 0.3 is 11.9 Å². The van der Waals surface area contributed by atoms with Crippen LogP contribution in [0.5, 0.6) is 5.88 Å². The molecule has 1 fully saturated rings. The molecule has 232 valence electrons. The van der Waals surface area contributed by atoms with E-state index in [1.165, 1.54) is 76.1 Å². The lowest BCUT2D eigenvalue weighted by Crippen LogP contribution is -2.41. The topological polar surface area (TPSA) is 162 Å². The number of allylic oxidation sites excluding steroid dienone is 2. The Kier molecular flexibility index (Phi) is 7.82. The molecule has 0 atom stereocenters. The quantitative estimate of drug-likeness (QED) is 0.165. The van der Waals surface area contributed by atoms with Gasteiger partial charge < -0.3 is 15.3 Å². The van der Waals surface area contributed by atoms with Crippen molar-refractivity contribution in [3.63, 3.8) is 0 Å². The summed E-state index contributed by atoms with van der Waals surface area (Å²) in [5, 5.41) is 32.1. The Hall–Kier alpha value is -6.95. The van der Waals surface area contributed by atoms with Gasteiger partial charge in [0.1, 0.15) is 11.1 Å². The number of aromatic carboxylic acids is 2. The van der Waals surface area contributed by atoms with Gasteiger partial charge in [-0.1, -0.05) is 42.5 Å². The van der Waals surface area contributed by atoms with E-state index in [2.05, 4.69) is 0 Å².